The first-order valence-corrected chi connectivity index (χ1v) is 29.1. The fourth-order valence-electron chi connectivity index (χ4n) is 9.34. The Labute approximate surface area is 486 Å². The van der Waals surface area contributed by atoms with Crippen LogP contribution in [0, 0.1) is 21.7 Å². The van der Waals surface area contributed by atoms with Gasteiger partial charge in [-0.3, -0.25) is 19.2 Å². The zero-order valence-electron chi connectivity index (χ0n) is 48.6. The molecule has 0 aromatic carbocycles. The maximum absolute atomic E-state index is 12.4. The van der Waals surface area contributed by atoms with Crippen molar-refractivity contribution in [2.24, 2.45) is 21.7 Å². The van der Waals surface area contributed by atoms with Crippen molar-refractivity contribution in [2.45, 2.75) is 404 Å². The fourth-order valence-corrected chi connectivity index (χ4v) is 9.34. The van der Waals surface area contributed by atoms with Crippen LogP contribution in [0.2, 0.25) is 0 Å². The van der Waals surface area contributed by atoms with Crippen LogP contribution in [0.1, 0.15) is 382 Å². The molecule has 0 atom stereocenters. The Morgan fingerprint density at radius 1 is 0.286 bits per heavy atom. The second-order valence-electron chi connectivity index (χ2n) is 25.5. The minimum atomic E-state index is -0.354. The molecule has 0 amide bonds. The van der Waals surface area contributed by atoms with Gasteiger partial charge in [0.1, 0.15) is 22.4 Å². The summed E-state index contributed by atoms with van der Waals surface area (Å²) >= 11 is 0. The van der Waals surface area contributed by atoms with Crippen molar-refractivity contribution in [1.82, 2.24) is 0 Å². The number of esters is 4. The van der Waals surface area contributed by atoms with Gasteiger partial charge in [-0.25, -0.2) is 0 Å². The Morgan fingerprint density at radius 3 is 0.623 bits per heavy atom. The first-order valence-electron chi connectivity index (χ1n) is 29.1. The third kappa shape index (κ3) is 34.7. The molecule has 0 aromatic rings. The van der Waals surface area contributed by atoms with Gasteiger partial charge in [-0.1, -0.05) is 171 Å². The lowest BCUT2D eigenvalue weighted by Gasteiger charge is -2.34. The molecule has 8 heteroatoms. The van der Waals surface area contributed by atoms with E-state index in [0.717, 1.165) is 83.5 Å². The minimum absolute atomic E-state index is 0. The van der Waals surface area contributed by atoms with E-state index in [1.165, 1.54) is 128 Å². The number of hydrogen-bond donors (Lipinski definition) is 0. The van der Waals surface area contributed by atoms with Crippen molar-refractivity contribution in [3.05, 3.63) is 0 Å². The molecule has 4 saturated carbocycles. The Bertz CT molecular complexity index is 1440. The minimum Gasteiger partial charge on any atom is -0.459 e. The molecule has 4 rings (SSSR count). The Hall–Kier alpha value is -2.12. The quantitative estimate of drug-likeness (QED) is 0.133. The van der Waals surface area contributed by atoms with E-state index in [-0.39, 0.29) is 127 Å². The summed E-state index contributed by atoms with van der Waals surface area (Å²) in [6.45, 7) is 32.4. The van der Waals surface area contributed by atoms with Gasteiger partial charge in [-0.05, 0) is 211 Å². The summed E-state index contributed by atoms with van der Waals surface area (Å²) in [6.07, 6.45) is 38.1. The Balaban J connectivity index is -0.000000134. The van der Waals surface area contributed by atoms with E-state index in [9.17, 15) is 19.2 Å². The van der Waals surface area contributed by atoms with Crippen molar-refractivity contribution >= 4 is 23.9 Å². The maximum atomic E-state index is 12.4. The van der Waals surface area contributed by atoms with Gasteiger partial charge in [-0.15, -0.1) is 0 Å². The van der Waals surface area contributed by atoms with Crippen LogP contribution in [0.4, 0.5) is 0 Å². The molecule has 470 valence electrons. The average molecular weight is 1100 g/mol. The smallest absolute Gasteiger partial charge is 0.312 e. The summed E-state index contributed by atoms with van der Waals surface area (Å²) in [5.41, 5.74) is -2.15. The predicted octanol–water partition coefficient (Wildman–Crippen LogP) is 23.4. The van der Waals surface area contributed by atoms with Crippen molar-refractivity contribution in [2.75, 3.05) is 0 Å². The van der Waals surface area contributed by atoms with Crippen LogP contribution in [0.25, 0.3) is 0 Å². The zero-order chi connectivity index (χ0) is 52.5. The molecule has 8 nitrogen and oxygen atoms in total. The lowest BCUT2D eigenvalue weighted by atomic mass is 9.87. The van der Waals surface area contributed by atoms with Crippen LogP contribution in [-0.2, 0) is 38.1 Å². The van der Waals surface area contributed by atoms with E-state index >= 15 is 0 Å². The van der Waals surface area contributed by atoms with Gasteiger partial charge in [0.25, 0.3) is 0 Å². The molecule has 4 aliphatic rings. The van der Waals surface area contributed by atoms with E-state index in [1.54, 1.807) is 0 Å². The molecule has 4 fully saturated rings. The van der Waals surface area contributed by atoms with E-state index < -0.39 is 0 Å². The molecule has 0 heterocycles. The van der Waals surface area contributed by atoms with Gasteiger partial charge >= 0.3 is 23.9 Å². The van der Waals surface area contributed by atoms with Crippen molar-refractivity contribution in [3.8, 4) is 0 Å². The monoisotopic (exact) mass is 1100 g/mol. The van der Waals surface area contributed by atoms with Gasteiger partial charge in [0.15, 0.2) is 0 Å². The van der Waals surface area contributed by atoms with Gasteiger partial charge < -0.3 is 18.9 Å². The normalized spacial score (nSPS) is 19.1. The summed E-state index contributed by atoms with van der Waals surface area (Å²) < 4.78 is 23.3. The molecule has 77 heavy (non-hydrogen) atoms. The van der Waals surface area contributed by atoms with Crippen LogP contribution in [0.15, 0.2) is 0 Å². The number of carbonyl (C=O) groups excluding carboxylic acids is 4. The van der Waals surface area contributed by atoms with E-state index in [1.807, 2.05) is 69.2 Å². The molecule has 0 bridgehead atoms. The van der Waals surface area contributed by atoms with Crippen molar-refractivity contribution < 1.29 is 38.1 Å². The fraction of sp³-hybridized carbons (Fsp3) is 0.942. The predicted molar refractivity (Wildman–Crippen MR) is 342 cm³/mol. The molecule has 0 aromatic heterocycles. The van der Waals surface area contributed by atoms with Crippen molar-refractivity contribution in [3.63, 3.8) is 0 Å². The third-order valence-electron chi connectivity index (χ3n) is 17.2. The third-order valence-corrected chi connectivity index (χ3v) is 17.2. The van der Waals surface area contributed by atoms with Crippen molar-refractivity contribution in [1.29, 1.82) is 0 Å². The largest absolute Gasteiger partial charge is 0.459 e. The van der Waals surface area contributed by atoms with E-state index in [0.29, 0.717) is 0 Å². The summed E-state index contributed by atoms with van der Waals surface area (Å²) in [4.78, 5) is 48.5. The second kappa shape index (κ2) is 43.6. The highest BCUT2D eigenvalue weighted by molar-refractivity contribution is 5.77. The lowest BCUT2D eigenvalue weighted by molar-refractivity contribution is -0.171. The molecule has 0 N–H and O–H groups in total. The Morgan fingerprint density at radius 2 is 0.442 bits per heavy atom. The van der Waals surface area contributed by atoms with Crippen LogP contribution >= 0.6 is 0 Å². The highest BCUT2D eigenvalue weighted by Crippen LogP contribution is 2.39. The molecule has 4 aliphatic carbocycles. The molecule has 0 unspecified atom stereocenters. The SMILES string of the molecule is C.C.C.C.C.C.C.C.CCC(C)(C)C(=O)OC1(C)CCCC1.CCC(C)(C)C(=O)OC1(C)CCCCCCCCC1.CCC(C)(C)C(=O)OC1(C)CCCCCCCCCCC1.CCC1(OC(=O)C(C)(C)CC)CCCC1. The highest BCUT2D eigenvalue weighted by Gasteiger charge is 2.41. The topological polar surface area (TPSA) is 105 Å². The summed E-state index contributed by atoms with van der Waals surface area (Å²) in [5.74, 6) is -0.0905. The van der Waals surface area contributed by atoms with Gasteiger partial charge in [0.2, 0.25) is 0 Å². The number of hydrogen-bond acceptors (Lipinski definition) is 8. The van der Waals surface area contributed by atoms with E-state index in [2.05, 4.69) is 41.5 Å². The first-order chi connectivity index (χ1) is 32.1. The molecule has 0 spiro atoms. The number of ether oxygens (including phenoxy) is 4. The summed E-state index contributed by atoms with van der Waals surface area (Å²) in [6, 6.07) is 0. The maximum Gasteiger partial charge on any atom is 0.312 e. The summed E-state index contributed by atoms with van der Waals surface area (Å²) in [5, 5.41) is 0. The van der Waals surface area contributed by atoms with Crippen LogP contribution < -0.4 is 0 Å². The summed E-state index contributed by atoms with van der Waals surface area (Å²) in [7, 11) is 0. The molecular formula is C69H146O8. The van der Waals surface area contributed by atoms with E-state index in [4.69, 9.17) is 18.9 Å². The first kappa shape index (κ1) is 91.4. The van der Waals surface area contributed by atoms with Crippen LogP contribution in [-0.4, -0.2) is 46.3 Å². The van der Waals surface area contributed by atoms with Gasteiger partial charge in [0, 0.05) is 0 Å². The average Bonchev–Trinajstić information content (AvgIpc) is 3.96. The van der Waals surface area contributed by atoms with Crippen LogP contribution in [0.3, 0.4) is 0 Å². The van der Waals surface area contributed by atoms with Crippen LogP contribution in [0.5, 0.6) is 0 Å². The number of carbonyl (C=O) groups is 4. The highest BCUT2D eigenvalue weighted by atomic mass is 16.6. The van der Waals surface area contributed by atoms with Gasteiger partial charge in [-0.2, -0.15) is 0 Å². The number of rotatable bonds is 13. The molecule has 0 radical (unpaired) electrons. The zero-order valence-corrected chi connectivity index (χ0v) is 48.6. The Kier molecular flexibility index (Phi) is 51.7. The molecule has 0 saturated heterocycles. The second-order valence-corrected chi connectivity index (χ2v) is 25.5. The lowest BCUT2D eigenvalue weighted by Crippen LogP contribution is -2.37. The molecular weight excluding hydrogens is 957 g/mol. The molecule has 0 aliphatic heterocycles. The van der Waals surface area contributed by atoms with Gasteiger partial charge in [0.05, 0.1) is 21.7 Å². The standard InChI is InChI=1S/C19H36O2.C17H32O2.C13H24O2.C12H22O2.8CH4/c1-5-18(2,3)17(20)21-19(4)15-13-11-9-7-6-8-10-12-14-16-19;1-5-16(2,3)15(18)19-17(4)13-11-9-7-6-8-10-12-14-17;1-5-12(3,4)11(14)15-13(6-2)9-7-8-10-13;1-5-11(2,3)10(13)14-12(4)8-6-7-9-12;;;;;;;;/h5-16H2,1-4H3;5-14H2,1-4H3;5-10H2,1-4H3;5-9H2,1-4H3;8*1H4.